The van der Waals surface area contributed by atoms with Crippen LogP contribution in [0.1, 0.15) is 31.9 Å². The van der Waals surface area contributed by atoms with Gasteiger partial charge in [0.25, 0.3) is 0 Å². The van der Waals surface area contributed by atoms with Gasteiger partial charge in [0.05, 0.1) is 12.6 Å². The number of fused-ring (bicyclic) bond motifs is 1. The molecule has 4 N–H and O–H groups in total. The van der Waals surface area contributed by atoms with E-state index in [4.69, 9.17) is 4.74 Å². The molecule has 32 heavy (non-hydrogen) atoms. The Morgan fingerprint density at radius 3 is 2.38 bits per heavy atom. The van der Waals surface area contributed by atoms with Gasteiger partial charge in [0, 0.05) is 23.5 Å². The SMILES string of the molecule is CC(C)(C)OC(=O)N[C@@H](Cc1ccccc1)C(=O)N[C@H](CO)Cc1c[nH]c2ccccc12. The molecule has 2 amide bonds. The van der Waals surface area contributed by atoms with Crippen molar-refractivity contribution in [1.82, 2.24) is 15.6 Å². The van der Waals surface area contributed by atoms with E-state index in [2.05, 4.69) is 15.6 Å². The molecular weight excluding hydrogens is 406 g/mol. The van der Waals surface area contributed by atoms with E-state index in [1.165, 1.54) is 0 Å². The summed E-state index contributed by atoms with van der Waals surface area (Å²) in [7, 11) is 0. The van der Waals surface area contributed by atoms with Crippen molar-refractivity contribution in [2.24, 2.45) is 0 Å². The van der Waals surface area contributed by atoms with Gasteiger partial charge in [0.1, 0.15) is 11.6 Å². The lowest BCUT2D eigenvalue weighted by atomic mass is 10.0. The van der Waals surface area contributed by atoms with Crippen LogP contribution in [0, 0.1) is 0 Å². The smallest absolute Gasteiger partial charge is 0.408 e. The molecule has 0 aliphatic carbocycles. The second-order valence-electron chi connectivity index (χ2n) is 8.84. The molecule has 0 saturated heterocycles. The van der Waals surface area contributed by atoms with Crippen molar-refractivity contribution in [3.63, 3.8) is 0 Å². The maximum absolute atomic E-state index is 13.1. The van der Waals surface area contributed by atoms with Gasteiger partial charge in [-0.3, -0.25) is 4.79 Å². The maximum atomic E-state index is 13.1. The number of aliphatic hydroxyl groups is 1. The molecule has 7 nitrogen and oxygen atoms in total. The first kappa shape index (κ1) is 23.3. The van der Waals surface area contributed by atoms with Crippen molar-refractivity contribution in [2.75, 3.05) is 6.61 Å². The molecule has 0 aliphatic rings. The number of aliphatic hydroxyl groups excluding tert-OH is 1. The molecule has 3 aromatic rings. The largest absolute Gasteiger partial charge is 0.444 e. The molecule has 2 aromatic carbocycles. The number of amides is 2. The first-order valence-corrected chi connectivity index (χ1v) is 10.7. The lowest BCUT2D eigenvalue weighted by Gasteiger charge is -2.25. The van der Waals surface area contributed by atoms with Gasteiger partial charge in [-0.15, -0.1) is 0 Å². The Balaban J connectivity index is 1.72. The molecule has 0 aliphatic heterocycles. The molecule has 0 fully saturated rings. The summed E-state index contributed by atoms with van der Waals surface area (Å²) in [6, 6.07) is 16.0. The van der Waals surface area contributed by atoms with E-state index in [1.54, 1.807) is 20.8 Å². The summed E-state index contributed by atoms with van der Waals surface area (Å²) in [5, 5.41) is 16.5. The van der Waals surface area contributed by atoms with Crippen LogP contribution in [0.3, 0.4) is 0 Å². The predicted octanol–water partition coefficient (Wildman–Crippen LogP) is 3.32. The lowest BCUT2D eigenvalue weighted by Crippen LogP contribution is -2.52. The van der Waals surface area contributed by atoms with Gasteiger partial charge in [-0.1, -0.05) is 48.5 Å². The third-order valence-electron chi connectivity index (χ3n) is 5.00. The fraction of sp³-hybridized carbons (Fsp3) is 0.360. The highest BCUT2D eigenvalue weighted by Crippen LogP contribution is 2.19. The quantitative estimate of drug-likeness (QED) is 0.434. The zero-order valence-corrected chi connectivity index (χ0v) is 18.7. The zero-order valence-electron chi connectivity index (χ0n) is 18.7. The molecular formula is C25H31N3O4. The monoisotopic (exact) mass is 437 g/mol. The summed E-state index contributed by atoms with van der Waals surface area (Å²) in [6.07, 6.45) is 1.99. The normalized spacial score (nSPS) is 13.4. The minimum Gasteiger partial charge on any atom is -0.444 e. The Labute approximate surface area is 188 Å². The number of hydrogen-bond donors (Lipinski definition) is 4. The summed E-state index contributed by atoms with van der Waals surface area (Å²) in [5.41, 5.74) is 2.22. The summed E-state index contributed by atoms with van der Waals surface area (Å²) >= 11 is 0. The first-order chi connectivity index (χ1) is 15.2. The molecule has 0 spiro atoms. The average Bonchev–Trinajstić information content (AvgIpc) is 3.15. The predicted molar refractivity (Wildman–Crippen MR) is 124 cm³/mol. The second-order valence-corrected chi connectivity index (χ2v) is 8.84. The van der Waals surface area contributed by atoms with Crippen LogP contribution >= 0.6 is 0 Å². The number of rotatable bonds is 8. The van der Waals surface area contributed by atoms with E-state index >= 15 is 0 Å². The Hall–Kier alpha value is -3.32. The summed E-state index contributed by atoms with van der Waals surface area (Å²) < 4.78 is 5.34. The Morgan fingerprint density at radius 1 is 1.00 bits per heavy atom. The fourth-order valence-electron chi connectivity index (χ4n) is 3.54. The van der Waals surface area contributed by atoms with Crippen molar-refractivity contribution in [3.8, 4) is 0 Å². The zero-order chi connectivity index (χ0) is 23.1. The summed E-state index contributed by atoms with van der Waals surface area (Å²) in [4.78, 5) is 28.7. The Bertz CT molecular complexity index is 1040. The van der Waals surface area contributed by atoms with Crippen molar-refractivity contribution < 1.29 is 19.4 Å². The number of H-pyrrole nitrogens is 1. The third kappa shape index (κ3) is 6.59. The molecule has 7 heteroatoms. The Kier molecular flexibility index (Phi) is 7.53. The number of alkyl carbamates (subject to hydrolysis) is 1. The van der Waals surface area contributed by atoms with Crippen LogP contribution in [0.5, 0.6) is 0 Å². The number of para-hydroxylation sites is 1. The molecule has 170 valence electrons. The Morgan fingerprint density at radius 2 is 1.69 bits per heavy atom. The molecule has 0 bridgehead atoms. The standard InChI is InChI=1S/C25H31N3O4/c1-25(2,3)32-24(31)28-22(13-17-9-5-4-6-10-17)23(30)27-19(16-29)14-18-15-26-21-12-8-7-11-20(18)21/h4-12,15,19,22,26,29H,13-14,16H2,1-3H3,(H,27,30)(H,28,31)/t19-,22-/m0/s1. The lowest BCUT2D eigenvalue weighted by molar-refractivity contribution is -0.124. The minimum atomic E-state index is -0.843. The fourth-order valence-corrected chi connectivity index (χ4v) is 3.54. The minimum absolute atomic E-state index is 0.226. The van der Waals surface area contributed by atoms with Gasteiger partial charge in [-0.05, 0) is 44.4 Å². The van der Waals surface area contributed by atoms with Crippen LogP contribution in [0.4, 0.5) is 4.79 Å². The molecule has 1 aromatic heterocycles. The number of carbonyl (C=O) groups is 2. The highest BCUT2D eigenvalue weighted by molar-refractivity contribution is 5.86. The number of ether oxygens (including phenoxy) is 1. The van der Waals surface area contributed by atoms with Gasteiger partial charge < -0.3 is 25.5 Å². The second kappa shape index (κ2) is 10.3. The number of aromatic nitrogens is 1. The molecule has 1 heterocycles. The van der Waals surface area contributed by atoms with Gasteiger partial charge in [0.2, 0.25) is 5.91 Å². The van der Waals surface area contributed by atoms with Crippen LogP contribution in [-0.2, 0) is 22.4 Å². The van der Waals surface area contributed by atoms with Gasteiger partial charge in [-0.2, -0.15) is 0 Å². The van der Waals surface area contributed by atoms with E-state index in [9.17, 15) is 14.7 Å². The average molecular weight is 438 g/mol. The van der Waals surface area contributed by atoms with Crippen molar-refractivity contribution in [1.29, 1.82) is 0 Å². The molecule has 0 radical (unpaired) electrons. The van der Waals surface area contributed by atoms with Crippen LogP contribution in [0.2, 0.25) is 0 Å². The van der Waals surface area contributed by atoms with E-state index in [1.807, 2.05) is 60.8 Å². The highest BCUT2D eigenvalue weighted by atomic mass is 16.6. The van der Waals surface area contributed by atoms with Gasteiger partial charge in [0.15, 0.2) is 0 Å². The van der Waals surface area contributed by atoms with Crippen molar-refractivity contribution >= 4 is 22.9 Å². The number of carbonyl (C=O) groups excluding carboxylic acids is 2. The molecule has 2 atom stereocenters. The molecule has 0 unspecified atom stereocenters. The summed E-state index contributed by atoms with van der Waals surface area (Å²) in [5.74, 6) is -0.376. The van der Waals surface area contributed by atoms with Crippen LogP contribution in [-0.4, -0.2) is 46.4 Å². The van der Waals surface area contributed by atoms with Gasteiger partial charge >= 0.3 is 6.09 Å². The number of benzene rings is 2. The van der Waals surface area contributed by atoms with Gasteiger partial charge in [-0.25, -0.2) is 4.79 Å². The molecule has 0 saturated carbocycles. The third-order valence-corrected chi connectivity index (χ3v) is 5.00. The topological polar surface area (TPSA) is 103 Å². The van der Waals surface area contributed by atoms with Crippen LogP contribution in [0.25, 0.3) is 10.9 Å². The van der Waals surface area contributed by atoms with E-state index in [0.29, 0.717) is 12.8 Å². The van der Waals surface area contributed by atoms with Crippen molar-refractivity contribution in [2.45, 2.75) is 51.3 Å². The van der Waals surface area contributed by atoms with Crippen molar-refractivity contribution in [3.05, 3.63) is 71.9 Å². The first-order valence-electron chi connectivity index (χ1n) is 10.7. The highest BCUT2D eigenvalue weighted by Gasteiger charge is 2.26. The van der Waals surface area contributed by atoms with Crippen LogP contribution in [0.15, 0.2) is 60.8 Å². The maximum Gasteiger partial charge on any atom is 0.408 e. The number of hydrogen-bond acceptors (Lipinski definition) is 4. The van der Waals surface area contributed by atoms with E-state index in [-0.39, 0.29) is 12.5 Å². The van der Waals surface area contributed by atoms with E-state index in [0.717, 1.165) is 22.0 Å². The number of nitrogens with one attached hydrogen (secondary N) is 3. The summed E-state index contributed by atoms with van der Waals surface area (Å²) in [6.45, 7) is 5.07. The number of aromatic amines is 1. The van der Waals surface area contributed by atoms with E-state index < -0.39 is 23.8 Å². The molecule has 3 rings (SSSR count). The van der Waals surface area contributed by atoms with Crippen LogP contribution < -0.4 is 10.6 Å².